The maximum absolute atomic E-state index is 11.6. The highest BCUT2D eigenvalue weighted by atomic mass is 35.5. The molecule has 1 atom stereocenters. The van der Waals surface area contributed by atoms with E-state index < -0.39 is 15.3 Å². The Morgan fingerprint density at radius 1 is 1.53 bits per heavy atom. The maximum Gasteiger partial charge on any atom is 0.229 e. The molecule has 1 aliphatic rings. The van der Waals surface area contributed by atoms with Gasteiger partial charge in [-0.3, -0.25) is 9.69 Å². The van der Waals surface area contributed by atoms with Gasteiger partial charge < -0.3 is 0 Å². The number of nitrogens with zero attached hydrogens (tertiary/aromatic N) is 3. The fourth-order valence-electron chi connectivity index (χ4n) is 1.59. The standard InChI is InChI=1S/C8H9ClN4O3S/c9-8-11-2-1-6(12-8)13-4-5(3-7(13)14)17(10,15)16/h1-2,5H,3-4H2,(H2,10,15,16). The zero-order chi connectivity index (χ0) is 12.6. The third-order valence-electron chi connectivity index (χ3n) is 2.44. The number of anilines is 1. The van der Waals surface area contributed by atoms with Gasteiger partial charge in [0, 0.05) is 19.2 Å². The van der Waals surface area contributed by atoms with E-state index in [1.807, 2.05) is 0 Å². The molecule has 0 saturated carbocycles. The molecule has 1 fully saturated rings. The summed E-state index contributed by atoms with van der Waals surface area (Å²) in [5, 5.41) is 4.10. The molecule has 1 unspecified atom stereocenters. The molecule has 2 rings (SSSR count). The van der Waals surface area contributed by atoms with E-state index in [4.69, 9.17) is 16.7 Å². The number of sulfonamides is 1. The smallest absolute Gasteiger partial charge is 0.229 e. The van der Waals surface area contributed by atoms with Crippen molar-refractivity contribution in [2.45, 2.75) is 11.7 Å². The Morgan fingerprint density at radius 2 is 2.24 bits per heavy atom. The van der Waals surface area contributed by atoms with E-state index in [0.29, 0.717) is 0 Å². The number of amides is 1. The number of hydrogen-bond donors (Lipinski definition) is 1. The highest BCUT2D eigenvalue weighted by molar-refractivity contribution is 7.89. The summed E-state index contributed by atoms with van der Waals surface area (Å²) in [6.07, 6.45) is 1.25. The number of carbonyl (C=O) groups is 1. The average molecular weight is 277 g/mol. The predicted octanol–water partition coefficient (Wildman–Crippen LogP) is -0.476. The van der Waals surface area contributed by atoms with Gasteiger partial charge in [-0.05, 0) is 17.7 Å². The van der Waals surface area contributed by atoms with Crippen molar-refractivity contribution in [3.8, 4) is 0 Å². The van der Waals surface area contributed by atoms with E-state index in [9.17, 15) is 13.2 Å². The zero-order valence-corrected chi connectivity index (χ0v) is 10.1. The van der Waals surface area contributed by atoms with Crippen molar-refractivity contribution >= 4 is 33.3 Å². The van der Waals surface area contributed by atoms with Gasteiger partial charge in [-0.2, -0.15) is 0 Å². The lowest BCUT2D eigenvalue weighted by Gasteiger charge is -2.14. The summed E-state index contributed by atoms with van der Waals surface area (Å²) in [7, 11) is -3.73. The Hall–Kier alpha value is -1.25. The normalized spacial score (nSPS) is 20.9. The predicted molar refractivity (Wildman–Crippen MR) is 60.9 cm³/mol. The van der Waals surface area contributed by atoms with E-state index >= 15 is 0 Å². The van der Waals surface area contributed by atoms with Crippen molar-refractivity contribution in [3.63, 3.8) is 0 Å². The highest BCUT2D eigenvalue weighted by Crippen LogP contribution is 2.22. The van der Waals surface area contributed by atoms with E-state index in [-0.39, 0.29) is 30.0 Å². The molecule has 1 amide bonds. The fourth-order valence-corrected chi connectivity index (χ4v) is 2.47. The van der Waals surface area contributed by atoms with Crippen LogP contribution in [-0.2, 0) is 14.8 Å². The summed E-state index contributed by atoms with van der Waals surface area (Å²) in [6.45, 7) is -0.00892. The van der Waals surface area contributed by atoms with E-state index in [0.717, 1.165) is 0 Å². The van der Waals surface area contributed by atoms with Gasteiger partial charge in [0.05, 0.1) is 0 Å². The van der Waals surface area contributed by atoms with Crippen molar-refractivity contribution < 1.29 is 13.2 Å². The fraction of sp³-hybridized carbons (Fsp3) is 0.375. The second kappa shape index (κ2) is 4.21. The van der Waals surface area contributed by atoms with Gasteiger partial charge >= 0.3 is 0 Å². The van der Waals surface area contributed by atoms with Crippen LogP contribution in [0.25, 0.3) is 0 Å². The molecule has 1 aromatic rings. The number of primary sulfonamides is 1. The number of carbonyl (C=O) groups excluding carboxylic acids is 1. The second-order valence-electron chi connectivity index (χ2n) is 3.60. The lowest BCUT2D eigenvalue weighted by molar-refractivity contribution is -0.117. The summed E-state index contributed by atoms with van der Waals surface area (Å²) >= 11 is 5.59. The first-order valence-corrected chi connectivity index (χ1v) is 6.67. The first kappa shape index (κ1) is 12.2. The van der Waals surface area contributed by atoms with Gasteiger partial charge in [-0.25, -0.2) is 23.5 Å². The summed E-state index contributed by atoms with van der Waals surface area (Å²) in [4.78, 5) is 20.4. The van der Waals surface area contributed by atoms with Gasteiger partial charge in [0.15, 0.2) is 0 Å². The van der Waals surface area contributed by atoms with Crippen LogP contribution in [0.4, 0.5) is 5.82 Å². The monoisotopic (exact) mass is 276 g/mol. The van der Waals surface area contributed by atoms with Crippen molar-refractivity contribution in [1.82, 2.24) is 9.97 Å². The van der Waals surface area contributed by atoms with Crippen LogP contribution in [0.1, 0.15) is 6.42 Å². The third kappa shape index (κ3) is 2.54. The zero-order valence-electron chi connectivity index (χ0n) is 8.58. The van der Waals surface area contributed by atoms with Crippen molar-refractivity contribution in [2.75, 3.05) is 11.4 Å². The van der Waals surface area contributed by atoms with Gasteiger partial charge in [0.1, 0.15) is 11.1 Å². The Bertz CT molecular complexity index is 562. The molecule has 2 heterocycles. The molecule has 0 spiro atoms. The molecular formula is C8H9ClN4O3S. The summed E-state index contributed by atoms with van der Waals surface area (Å²) in [5.74, 6) is -0.0695. The molecule has 0 aromatic carbocycles. The maximum atomic E-state index is 11.6. The minimum Gasteiger partial charge on any atom is -0.295 e. The SMILES string of the molecule is NS(=O)(=O)C1CC(=O)N(c2ccnc(Cl)n2)C1. The quantitative estimate of drug-likeness (QED) is 0.735. The minimum absolute atomic E-state index is 0.00523. The Kier molecular flexibility index (Phi) is 3.02. The second-order valence-corrected chi connectivity index (χ2v) is 5.79. The van der Waals surface area contributed by atoms with Crippen LogP contribution in [0, 0.1) is 0 Å². The lowest BCUT2D eigenvalue weighted by atomic mass is 10.4. The molecule has 0 aliphatic carbocycles. The van der Waals surface area contributed by atoms with E-state index in [2.05, 4.69) is 9.97 Å². The number of halogens is 1. The largest absolute Gasteiger partial charge is 0.295 e. The first-order valence-electron chi connectivity index (χ1n) is 4.68. The number of aromatic nitrogens is 2. The van der Waals surface area contributed by atoms with E-state index in [1.165, 1.54) is 17.2 Å². The molecular weight excluding hydrogens is 268 g/mol. The molecule has 1 aromatic heterocycles. The van der Waals surface area contributed by atoms with Crippen LogP contribution in [0.5, 0.6) is 0 Å². The molecule has 1 saturated heterocycles. The van der Waals surface area contributed by atoms with Crippen LogP contribution in [0.2, 0.25) is 5.28 Å². The van der Waals surface area contributed by atoms with Gasteiger partial charge in [-0.15, -0.1) is 0 Å². The minimum atomic E-state index is -3.73. The average Bonchev–Trinajstić information content (AvgIpc) is 2.60. The van der Waals surface area contributed by atoms with Crippen molar-refractivity contribution in [1.29, 1.82) is 0 Å². The number of nitrogens with two attached hydrogens (primary N) is 1. The molecule has 1 aliphatic heterocycles. The number of rotatable bonds is 2. The van der Waals surface area contributed by atoms with E-state index in [1.54, 1.807) is 0 Å². The van der Waals surface area contributed by atoms with Gasteiger partial charge in [-0.1, -0.05) is 0 Å². The molecule has 2 N–H and O–H groups in total. The summed E-state index contributed by atoms with van der Waals surface area (Å²) in [6, 6.07) is 1.48. The Labute approximate surface area is 103 Å². The Morgan fingerprint density at radius 3 is 2.76 bits per heavy atom. The van der Waals surface area contributed by atoms with Crippen molar-refractivity contribution in [2.24, 2.45) is 5.14 Å². The summed E-state index contributed by atoms with van der Waals surface area (Å²) in [5.41, 5.74) is 0. The van der Waals surface area contributed by atoms with Crippen molar-refractivity contribution in [3.05, 3.63) is 17.5 Å². The molecule has 92 valence electrons. The Balaban J connectivity index is 2.28. The topological polar surface area (TPSA) is 106 Å². The molecule has 9 heteroatoms. The van der Waals surface area contributed by atoms with Gasteiger partial charge in [0.2, 0.25) is 21.2 Å². The van der Waals surface area contributed by atoms with Gasteiger partial charge in [0.25, 0.3) is 0 Å². The lowest BCUT2D eigenvalue weighted by Crippen LogP contribution is -2.32. The molecule has 17 heavy (non-hydrogen) atoms. The first-order chi connectivity index (χ1) is 7.88. The van der Waals surface area contributed by atoms with Crippen LogP contribution in [0.3, 0.4) is 0 Å². The highest BCUT2D eigenvalue weighted by Gasteiger charge is 2.37. The molecule has 7 nitrogen and oxygen atoms in total. The van der Waals surface area contributed by atoms with Crippen LogP contribution in [0.15, 0.2) is 12.3 Å². The molecule has 0 radical (unpaired) electrons. The van der Waals surface area contributed by atoms with Crippen LogP contribution >= 0.6 is 11.6 Å². The third-order valence-corrected chi connectivity index (χ3v) is 3.87. The summed E-state index contributed by atoms with van der Waals surface area (Å²) < 4.78 is 22.3. The number of hydrogen-bond acceptors (Lipinski definition) is 5. The van der Waals surface area contributed by atoms with Crippen LogP contribution < -0.4 is 10.0 Å². The molecule has 0 bridgehead atoms. The van der Waals surface area contributed by atoms with Crippen LogP contribution in [-0.4, -0.2) is 36.1 Å².